The van der Waals surface area contributed by atoms with E-state index in [0.29, 0.717) is 22.6 Å². The number of pyridine rings is 1. The number of nitrogen functional groups attached to an aromatic ring is 1. The first-order valence-corrected chi connectivity index (χ1v) is 6.55. The van der Waals surface area contributed by atoms with Crippen LogP contribution in [0.2, 0.25) is 5.15 Å². The van der Waals surface area contributed by atoms with Crippen molar-refractivity contribution in [2.24, 2.45) is 0 Å². The molecule has 4 heteroatoms. The second-order valence-electron chi connectivity index (χ2n) is 4.81. The van der Waals surface area contributed by atoms with Crippen LogP contribution in [-0.4, -0.2) is 4.98 Å². The topological polar surface area (TPSA) is 48.1 Å². The third kappa shape index (κ3) is 3.18. The van der Waals surface area contributed by atoms with Crippen molar-refractivity contribution in [2.45, 2.75) is 26.7 Å². The lowest BCUT2D eigenvalue weighted by Gasteiger charge is -2.13. The number of rotatable bonds is 3. The van der Waals surface area contributed by atoms with Gasteiger partial charge in [0.15, 0.2) is 0 Å². The Morgan fingerprint density at radius 2 is 1.95 bits per heavy atom. The zero-order valence-electron chi connectivity index (χ0n) is 11.3. The Kier molecular flexibility index (Phi) is 3.96. The van der Waals surface area contributed by atoms with E-state index in [9.17, 15) is 0 Å². The smallest absolute Gasteiger partial charge is 0.244 e. The van der Waals surface area contributed by atoms with Gasteiger partial charge in [-0.25, -0.2) is 0 Å². The fraction of sp³-hybridized carbons (Fsp3) is 0.267. The van der Waals surface area contributed by atoms with Gasteiger partial charge in [-0.05, 0) is 42.2 Å². The van der Waals surface area contributed by atoms with E-state index in [4.69, 9.17) is 22.1 Å². The SMILES string of the molecule is Cc1ccc(C(C)C)cc1Oc1nc(Cl)ccc1N. The van der Waals surface area contributed by atoms with E-state index < -0.39 is 0 Å². The molecule has 1 aromatic heterocycles. The monoisotopic (exact) mass is 276 g/mol. The molecule has 2 rings (SSSR count). The van der Waals surface area contributed by atoms with Gasteiger partial charge in [0.25, 0.3) is 0 Å². The number of ether oxygens (including phenoxy) is 1. The van der Waals surface area contributed by atoms with E-state index in [2.05, 4.69) is 24.9 Å². The van der Waals surface area contributed by atoms with Crippen LogP contribution >= 0.6 is 11.6 Å². The van der Waals surface area contributed by atoms with Crippen molar-refractivity contribution in [3.05, 3.63) is 46.6 Å². The van der Waals surface area contributed by atoms with Crippen LogP contribution < -0.4 is 10.5 Å². The first-order valence-electron chi connectivity index (χ1n) is 6.18. The molecule has 1 heterocycles. The maximum absolute atomic E-state index is 5.86. The summed E-state index contributed by atoms with van der Waals surface area (Å²) in [4.78, 5) is 4.10. The molecular formula is C15H17ClN2O. The molecule has 1 aromatic carbocycles. The molecule has 2 aromatic rings. The Labute approximate surface area is 118 Å². The minimum Gasteiger partial charge on any atom is -0.437 e. The summed E-state index contributed by atoms with van der Waals surface area (Å²) < 4.78 is 5.79. The summed E-state index contributed by atoms with van der Waals surface area (Å²) in [5.74, 6) is 1.54. The van der Waals surface area contributed by atoms with Crippen molar-refractivity contribution in [1.29, 1.82) is 0 Å². The van der Waals surface area contributed by atoms with Crippen molar-refractivity contribution in [2.75, 3.05) is 5.73 Å². The second kappa shape index (κ2) is 5.49. The van der Waals surface area contributed by atoms with Crippen LogP contribution in [0.4, 0.5) is 5.69 Å². The predicted molar refractivity (Wildman–Crippen MR) is 79.0 cm³/mol. The lowest BCUT2D eigenvalue weighted by Crippen LogP contribution is -1.97. The van der Waals surface area contributed by atoms with Crippen LogP contribution in [0.3, 0.4) is 0 Å². The highest BCUT2D eigenvalue weighted by molar-refractivity contribution is 6.29. The molecule has 0 fully saturated rings. The molecule has 0 radical (unpaired) electrons. The lowest BCUT2D eigenvalue weighted by molar-refractivity contribution is 0.461. The Bertz CT molecular complexity index is 597. The molecule has 19 heavy (non-hydrogen) atoms. The molecule has 2 N–H and O–H groups in total. The van der Waals surface area contributed by atoms with Crippen LogP contribution in [0.15, 0.2) is 30.3 Å². The average Bonchev–Trinajstić information content (AvgIpc) is 2.36. The molecule has 0 aliphatic heterocycles. The molecule has 3 nitrogen and oxygen atoms in total. The summed E-state index contributed by atoms with van der Waals surface area (Å²) >= 11 is 5.86. The van der Waals surface area contributed by atoms with Gasteiger partial charge in [0.2, 0.25) is 5.88 Å². The molecule has 0 spiro atoms. The summed E-state index contributed by atoms with van der Waals surface area (Å²) in [6, 6.07) is 9.47. The van der Waals surface area contributed by atoms with Crippen LogP contribution in [0, 0.1) is 6.92 Å². The molecule has 0 atom stereocenters. The summed E-state index contributed by atoms with van der Waals surface area (Å²) in [6.45, 7) is 6.26. The number of aromatic nitrogens is 1. The van der Waals surface area contributed by atoms with Gasteiger partial charge in [0.05, 0.1) is 5.69 Å². The van der Waals surface area contributed by atoms with Gasteiger partial charge in [0, 0.05) is 0 Å². The standard InChI is InChI=1S/C15H17ClN2O/c1-9(2)11-5-4-10(3)13(8-11)19-15-12(17)6-7-14(16)18-15/h4-9H,17H2,1-3H3. The fourth-order valence-corrected chi connectivity index (χ4v) is 1.84. The Morgan fingerprint density at radius 3 is 2.63 bits per heavy atom. The average molecular weight is 277 g/mol. The van der Waals surface area contributed by atoms with Gasteiger partial charge in [-0.15, -0.1) is 0 Å². The largest absolute Gasteiger partial charge is 0.437 e. The molecule has 100 valence electrons. The first-order chi connectivity index (χ1) is 8.97. The van der Waals surface area contributed by atoms with E-state index in [0.717, 1.165) is 11.3 Å². The number of hydrogen-bond donors (Lipinski definition) is 1. The maximum atomic E-state index is 5.86. The number of nitrogens with zero attached hydrogens (tertiary/aromatic N) is 1. The normalized spacial score (nSPS) is 10.8. The number of hydrogen-bond acceptors (Lipinski definition) is 3. The molecule has 0 saturated heterocycles. The highest BCUT2D eigenvalue weighted by atomic mass is 35.5. The van der Waals surface area contributed by atoms with Crippen molar-refractivity contribution < 1.29 is 4.74 Å². The van der Waals surface area contributed by atoms with E-state index >= 15 is 0 Å². The minimum absolute atomic E-state index is 0.344. The molecule has 0 unspecified atom stereocenters. The van der Waals surface area contributed by atoms with Gasteiger partial charge < -0.3 is 10.5 Å². The maximum Gasteiger partial charge on any atom is 0.244 e. The van der Waals surface area contributed by atoms with Crippen LogP contribution in [-0.2, 0) is 0 Å². The molecule has 0 amide bonds. The summed E-state index contributed by atoms with van der Waals surface area (Å²) in [5.41, 5.74) is 8.55. The van der Waals surface area contributed by atoms with Gasteiger partial charge in [0.1, 0.15) is 10.9 Å². The van der Waals surface area contributed by atoms with Gasteiger partial charge >= 0.3 is 0 Å². The molecular weight excluding hydrogens is 260 g/mol. The van der Waals surface area contributed by atoms with Crippen molar-refractivity contribution >= 4 is 17.3 Å². The third-order valence-corrected chi connectivity index (χ3v) is 3.15. The van der Waals surface area contributed by atoms with E-state index in [1.54, 1.807) is 12.1 Å². The number of anilines is 1. The van der Waals surface area contributed by atoms with Crippen molar-refractivity contribution in [3.63, 3.8) is 0 Å². The van der Waals surface area contributed by atoms with Crippen LogP contribution in [0.1, 0.15) is 30.9 Å². The summed E-state index contributed by atoms with van der Waals surface area (Å²) in [5, 5.41) is 0.363. The van der Waals surface area contributed by atoms with Crippen molar-refractivity contribution in [1.82, 2.24) is 4.98 Å². The predicted octanol–water partition coefficient (Wildman–Crippen LogP) is 4.54. The quantitative estimate of drug-likeness (QED) is 0.837. The van der Waals surface area contributed by atoms with Crippen LogP contribution in [0.5, 0.6) is 11.6 Å². The molecule has 0 bridgehead atoms. The fourth-order valence-electron chi connectivity index (χ4n) is 1.70. The number of halogens is 1. The van der Waals surface area contributed by atoms with Gasteiger partial charge in [-0.1, -0.05) is 37.6 Å². The zero-order valence-corrected chi connectivity index (χ0v) is 12.0. The van der Waals surface area contributed by atoms with Crippen molar-refractivity contribution in [3.8, 4) is 11.6 Å². The Balaban J connectivity index is 2.37. The highest BCUT2D eigenvalue weighted by Crippen LogP contribution is 2.31. The van der Waals surface area contributed by atoms with E-state index in [1.165, 1.54) is 5.56 Å². The highest BCUT2D eigenvalue weighted by Gasteiger charge is 2.09. The minimum atomic E-state index is 0.344. The van der Waals surface area contributed by atoms with E-state index in [-0.39, 0.29) is 0 Å². The number of nitrogens with two attached hydrogens (primary N) is 1. The molecule has 0 aliphatic rings. The summed E-state index contributed by atoms with van der Waals surface area (Å²) in [6.07, 6.45) is 0. The van der Waals surface area contributed by atoms with Crippen LogP contribution in [0.25, 0.3) is 0 Å². The molecule has 0 saturated carbocycles. The number of benzene rings is 1. The zero-order chi connectivity index (χ0) is 14.0. The molecule has 0 aliphatic carbocycles. The lowest BCUT2D eigenvalue weighted by atomic mass is 10.0. The Morgan fingerprint density at radius 1 is 1.21 bits per heavy atom. The summed E-state index contributed by atoms with van der Waals surface area (Å²) in [7, 11) is 0. The first kappa shape index (κ1) is 13.7. The van der Waals surface area contributed by atoms with Gasteiger partial charge in [-0.3, -0.25) is 0 Å². The Hall–Kier alpha value is -1.74. The van der Waals surface area contributed by atoms with Gasteiger partial charge in [-0.2, -0.15) is 4.98 Å². The second-order valence-corrected chi connectivity index (χ2v) is 5.20. The van der Waals surface area contributed by atoms with E-state index in [1.807, 2.05) is 19.1 Å². The third-order valence-electron chi connectivity index (χ3n) is 2.94. The number of aryl methyl sites for hydroxylation is 1.